The second kappa shape index (κ2) is 4.09. The minimum absolute atomic E-state index is 0.105. The Balaban J connectivity index is 1.77. The van der Waals surface area contributed by atoms with Crippen molar-refractivity contribution in [1.29, 1.82) is 0 Å². The molecule has 1 aromatic heterocycles. The van der Waals surface area contributed by atoms with E-state index in [1.54, 1.807) is 0 Å². The SMILES string of the molecule is CC(C)C(N)c1noc(C2CC3CCC2C3)n1. The Labute approximate surface area is 102 Å². The summed E-state index contributed by atoms with van der Waals surface area (Å²) in [6.45, 7) is 4.16. The maximum atomic E-state index is 6.04. The molecule has 2 N–H and O–H groups in total. The Morgan fingerprint density at radius 2 is 2.12 bits per heavy atom. The van der Waals surface area contributed by atoms with Crippen molar-refractivity contribution in [3.63, 3.8) is 0 Å². The topological polar surface area (TPSA) is 64.9 Å². The van der Waals surface area contributed by atoms with E-state index in [-0.39, 0.29) is 6.04 Å². The normalized spacial score (nSPS) is 33.5. The quantitative estimate of drug-likeness (QED) is 0.874. The molecule has 1 heterocycles. The van der Waals surface area contributed by atoms with Gasteiger partial charge in [-0.25, -0.2) is 0 Å². The van der Waals surface area contributed by atoms with Gasteiger partial charge in [-0.05, 0) is 37.0 Å². The van der Waals surface area contributed by atoms with Gasteiger partial charge in [-0.1, -0.05) is 25.4 Å². The molecule has 0 amide bonds. The van der Waals surface area contributed by atoms with Crippen molar-refractivity contribution in [2.45, 2.75) is 51.5 Å². The van der Waals surface area contributed by atoms with E-state index >= 15 is 0 Å². The maximum Gasteiger partial charge on any atom is 0.230 e. The van der Waals surface area contributed by atoms with E-state index in [1.165, 1.54) is 25.7 Å². The van der Waals surface area contributed by atoms with Crippen LogP contribution in [0.1, 0.15) is 63.2 Å². The fourth-order valence-corrected chi connectivity index (χ4v) is 3.38. The van der Waals surface area contributed by atoms with E-state index < -0.39 is 0 Å². The predicted molar refractivity (Wildman–Crippen MR) is 64.3 cm³/mol. The van der Waals surface area contributed by atoms with E-state index in [9.17, 15) is 0 Å². The summed E-state index contributed by atoms with van der Waals surface area (Å²) >= 11 is 0. The molecule has 17 heavy (non-hydrogen) atoms. The summed E-state index contributed by atoms with van der Waals surface area (Å²) in [7, 11) is 0. The molecule has 0 spiro atoms. The van der Waals surface area contributed by atoms with E-state index in [0.717, 1.165) is 17.7 Å². The molecule has 4 unspecified atom stereocenters. The number of nitrogens with zero attached hydrogens (tertiary/aromatic N) is 2. The third-order valence-electron chi connectivity index (χ3n) is 4.53. The summed E-state index contributed by atoms with van der Waals surface area (Å²) in [4.78, 5) is 4.53. The average Bonchev–Trinajstić information content (AvgIpc) is 3.02. The second-order valence-electron chi connectivity index (χ2n) is 6.04. The second-order valence-corrected chi connectivity index (χ2v) is 6.04. The molecule has 1 aromatic rings. The molecule has 4 atom stereocenters. The Kier molecular flexibility index (Phi) is 2.69. The van der Waals surface area contributed by atoms with Crippen LogP contribution < -0.4 is 5.73 Å². The lowest BCUT2D eigenvalue weighted by Crippen LogP contribution is -2.18. The van der Waals surface area contributed by atoms with Crippen molar-refractivity contribution in [1.82, 2.24) is 10.1 Å². The molecule has 3 rings (SSSR count). The first-order valence-electron chi connectivity index (χ1n) is 6.74. The van der Waals surface area contributed by atoms with E-state index in [4.69, 9.17) is 10.3 Å². The van der Waals surface area contributed by atoms with Crippen molar-refractivity contribution in [3.8, 4) is 0 Å². The van der Waals surface area contributed by atoms with Crippen LogP contribution in [-0.4, -0.2) is 10.1 Å². The van der Waals surface area contributed by atoms with Gasteiger partial charge < -0.3 is 10.3 Å². The molecule has 2 bridgehead atoms. The van der Waals surface area contributed by atoms with Crippen molar-refractivity contribution in [2.75, 3.05) is 0 Å². The molecule has 0 aromatic carbocycles. The number of rotatable bonds is 3. The van der Waals surface area contributed by atoms with Crippen LogP contribution in [0.2, 0.25) is 0 Å². The molecular weight excluding hydrogens is 214 g/mol. The molecule has 4 nitrogen and oxygen atoms in total. The average molecular weight is 235 g/mol. The van der Waals surface area contributed by atoms with Crippen molar-refractivity contribution in [2.24, 2.45) is 23.5 Å². The van der Waals surface area contributed by atoms with Gasteiger partial charge in [-0.3, -0.25) is 0 Å². The molecule has 2 aliphatic carbocycles. The van der Waals surface area contributed by atoms with Gasteiger partial charge in [0.1, 0.15) is 0 Å². The molecule has 0 saturated heterocycles. The lowest BCUT2D eigenvalue weighted by atomic mass is 9.89. The monoisotopic (exact) mass is 235 g/mol. The highest BCUT2D eigenvalue weighted by atomic mass is 16.5. The molecule has 2 fully saturated rings. The molecule has 2 saturated carbocycles. The Morgan fingerprint density at radius 1 is 1.29 bits per heavy atom. The van der Waals surface area contributed by atoms with Gasteiger partial charge in [0.2, 0.25) is 5.89 Å². The first-order valence-corrected chi connectivity index (χ1v) is 6.74. The first kappa shape index (κ1) is 11.2. The number of hydrogen-bond acceptors (Lipinski definition) is 4. The molecule has 2 aliphatic rings. The van der Waals surface area contributed by atoms with Crippen LogP contribution in [0.3, 0.4) is 0 Å². The molecule has 0 aliphatic heterocycles. The van der Waals surface area contributed by atoms with Crippen LogP contribution in [0, 0.1) is 17.8 Å². The van der Waals surface area contributed by atoms with Gasteiger partial charge in [-0.15, -0.1) is 0 Å². The third kappa shape index (κ3) is 1.88. The van der Waals surface area contributed by atoms with Crippen molar-refractivity contribution < 1.29 is 4.52 Å². The molecule has 4 heteroatoms. The van der Waals surface area contributed by atoms with Crippen LogP contribution in [0.4, 0.5) is 0 Å². The molecule has 0 radical (unpaired) electrons. The van der Waals surface area contributed by atoms with Crippen molar-refractivity contribution in [3.05, 3.63) is 11.7 Å². The smallest absolute Gasteiger partial charge is 0.230 e. The Hall–Kier alpha value is -0.900. The number of aromatic nitrogens is 2. The van der Waals surface area contributed by atoms with Crippen LogP contribution in [0.5, 0.6) is 0 Å². The summed E-state index contributed by atoms with van der Waals surface area (Å²) < 4.78 is 5.43. The van der Waals surface area contributed by atoms with Gasteiger partial charge in [0.15, 0.2) is 5.82 Å². The fourth-order valence-electron chi connectivity index (χ4n) is 3.38. The zero-order valence-corrected chi connectivity index (χ0v) is 10.6. The molecular formula is C13H21N3O. The third-order valence-corrected chi connectivity index (χ3v) is 4.53. The van der Waals surface area contributed by atoms with Gasteiger partial charge in [-0.2, -0.15) is 4.98 Å². The van der Waals surface area contributed by atoms with Crippen LogP contribution in [0.15, 0.2) is 4.52 Å². The highest BCUT2D eigenvalue weighted by Gasteiger charge is 2.43. The van der Waals surface area contributed by atoms with E-state index in [1.807, 2.05) is 0 Å². The van der Waals surface area contributed by atoms with Crippen LogP contribution in [0.25, 0.3) is 0 Å². The maximum absolute atomic E-state index is 6.04. The predicted octanol–water partition coefficient (Wildman–Crippen LogP) is 2.63. The first-order chi connectivity index (χ1) is 8.15. The molecule has 94 valence electrons. The lowest BCUT2D eigenvalue weighted by molar-refractivity contribution is 0.298. The lowest BCUT2D eigenvalue weighted by Gasteiger charge is -2.17. The number of hydrogen-bond donors (Lipinski definition) is 1. The summed E-state index contributed by atoms with van der Waals surface area (Å²) in [6.07, 6.45) is 5.33. The van der Waals surface area contributed by atoms with Crippen LogP contribution >= 0.6 is 0 Å². The zero-order valence-electron chi connectivity index (χ0n) is 10.6. The van der Waals surface area contributed by atoms with Gasteiger partial charge in [0.25, 0.3) is 0 Å². The minimum atomic E-state index is -0.105. The zero-order chi connectivity index (χ0) is 12.0. The van der Waals surface area contributed by atoms with Crippen molar-refractivity contribution >= 4 is 0 Å². The van der Waals surface area contributed by atoms with E-state index in [0.29, 0.717) is 17.7 Å². The number of nitrogens with two attached hydrogens (primary N) is 1. The van der Waals surface area contributed by atoms with Crippen LogP contribution in [-0.2, 0) is 0 Å². The standard InChI is InChI=1S/C13H21N3O/c1-7(2)11(14)12-15-13(17-16-12)10-6-8-3-4-9(10)5-8/h7-11H,3-6,14H2,1-2H3. The summed E-state index contributed by atoms with van der Waals surface area (Å²) in [5.41, 5.74) is 6.04. The van der Waals surface area contributed by atoms with Gasteiger partial charge in [0.05, 0.1) is 6.04 Å². The van der Waals surface area contributed by atoms with Gasteiger partial charge >= 0.3 is 0 Å². The van der Waals surface area contributed by atoms with E-state index in [2.05, 4.69) is 24.0 Å². The van der Waals surface area contributed by atoms with Gasteiger partial charge in [0, 0.05) is 5.92 Å². The minimum Gasteiger partial charge on any atom is -0.339 e. The summed E-state index contributed by atoms with van der Waals surface area (Å²) in [6, 6.07) is -0.105. The Morgan fingerprint density at radius 3 is 2.71 bits per heavy atom. The highest BCUT2D eigenvalue weighted by molar-refractivity contribution is 5.06. The highest BCUT2D eigenvalue weighted by Crippen LogP contribution is 2.52. The summed E-state index contributed by atoms with van der Waals surface area (Å²) in [5, 5.41) is 4.05. The number of fused-ring (bicyclic) bond motifs is 2. The summed E-state index contributed by atoms with van der Waals surface area (Å²) in [5.74, 6) is 4.05. The Bertz CT molecular complexity index is 401. The largest absolute Gasteiger partial charge is 0.339 e. The fraction of sp³-hybridized carbons (Fsp3) is 0.846.